The first-order valence-corrected chi connectivity index (χ1v) is 8.63. The molecule has 2 aromatic rings. The zero-order valence-electron chi connectivity index (χ0n) is 14.4. The summed E-state index contributed by atoms with van der Waals surface area (Å²) in [4.78, 5) is 17.7. The molecule has 2 rings (SSSR count). The predicted octanol–water partition coefficient (Wildman–Crippen LogP) is 2.84. The van der Waals surface area contributed by atoms with Gasteiger partial charge < -0.3 is 14.8 Å². The van der Waals surface area contributed by atoms with E-state index in [1.54, 1.807) is 37.3 Å². The van der Waals surface area contributed by atoms with Gasteiger partial charge in [-0.2, -0.15) is 0 Å². The minimum atomic E-state index is -1.10. The Morgan fingerprint density at radius 3 is 2.79 bits per heavy atom. The van der Waals surface area contributed by atoms with Crippen LogP contribution in [-0.4, -0.2) is 28.1 Å². The number of thiazole rings is 1. The predicted molar refractivity (Wildman–Crippen MR) is 94.1 cm³/mol. The van der Waals surface area contributed by atoms with Gasteiger partial charge in [0.2, 0.25) is 0 Å². The molecule has 2 aromatic heterocycles. The zero-order chi connectivity index (χ0) is 17.7. The Bertz CT molecular complexity index is 753. The van der Waals surface area contributed by atoms with Crippen molar-refractivity contribution in [3.8, 4) is 11.8 Å². The van der Waals surface area contributed by atoms with E-state index in [0.29, 0.717) is 12.3 Å². The van der Waals surface area contributed by atoms with Crippen molar-refractivity contribution in [3.63, 3.8) is 0 Å². The van der Waals surface area contributed by atoms with Crippen LogP contribution < -0.4 is 5.32 Å². The number of hydrogen-bond acceptors (Lipinski definition) is 5. The minimum Gasteiger partial charge on any atom is -0.443 e. The van der Waals surface area contributed by atoms with E-state index >= 15 is 0 Å². The number of nitrogens with one attached hydrogen (secondary N) is 1. The van der Waals surface area contributed by atoms with Gasteiger partial charge >= 0.3 is 0 Å². The summed E-state index contributed by atoms with van der Waals surface area (Å²) in [6.45, 7) is 7.80. The van der Waals surface area contributed by atoms with Crippen LogP contribution in [0.2, 0.25) is 0 Å². The maximum absolute atomic E-state index is 12.0. The maximum Gasteiger partial charge on any atom is 0.287 e. The molecular formula is C18H22N2O3S. The summed E-state index contributed by atoms with van der Waals surface area (Å²) in [5.41, 5.74) is -0.0174. The number of hydrogen-bond donors (Lipinski definition) is 2. The Morgan fingerprint density at radius 1 is 1.42 bits per heavy atom. The summed E-state index contributed by atoms with van der Waals surface area (Å²) in [5, 5.41) is 13.5. The molecule has 0 aliphatic heterocycles. The van der Waals surface area contributed by atoms with E-state index < -0.39 is 5.60 Å². The largest absolute Gasteiger partial charge is 0.443 e. The molecule has 6 heteroatoms. The number of carbonyl (C=O) groups is 1. The third-order valence-corrected chi connectivity index (χ3v) is 4.38. The van der Waals surface area contributed by atoms with Crippen LogP contribution in [0.15, 0.2) is 16.5 Å². The molecule has 24 heavy (non-hydrogen) atoms. The first-order valence-electron chi connectivity index (χ1n) is 7.81. The van der Waals surface area contributed by atoms with Gasteiger partial charge in [-0.1, -0.05) is 5.92 Å². The molecule has 0 fully saturated rings. The van der Waals surface area contributed by atoms with Crippen molar-refractivity contribution in [1.82, 2.24) is 10.3 Å². The molecule has 0 saturated carbocycles. The fraction of sp³-hybridized carbons (Fsp3) is 0.444. The highest BCUT2D eigenvalue weighted by Crippen LogP contribution is 2.17. The summed E-state index contributed by atoms with van der Waals surface area (Å²) >= 11 is 1.70. The number of aryl methyl sites for hydroxylation is 3. The summed E-state index contributed by atoms with van der Waals surface area (Å²) in [6.07, 6.45) is 1.67. The molecule has 0 radical (unpaired) electrons. The molecular weight excluding hydrogens is 324 g/mol. The van der Waals surface area contributed by atoms with Gasteiger partial charge in [0.15, 0.2) is 11.5 Å². The number of nitrogens with zero attached hydrogens (tertiary/aromatic N) is 1. The Balaban J connectivity index is 1.80. The second-order valence-corrected chi connectivity index (χ2v) is 7.37. The average molecular weight is 346 g/mol. The summed E-state index contributed by atoms with van der Waals surface area (Å²) in [5.74, 6) is 5.65. The van der Waals surface area contributed by atoms with Gasteiger partial charge in [-0.3, -0.25) is 4.79 Å². The van der Waals surface area contributed by atoms with Gasteiger partial charge in [-0.05, 0) is 52.2 Å². The molecule has 0 unspecified atom stereocenters. The Labute approximate surface area is 146 Å². The van der Waals surface area contributed by atoms with E-state index in [1.807, 2.05) is 6.92 Å². The third-order valence-electron chi connectivity index (χ3n) is 3.25. The number of amides is 1. The lowest BCUT2D eigenvalue weighted by Crippen LogP contribution is -2.24. The van der Waals surface area contributed by atoms with Crippen molar-refractivity contribution >= 4 is 17.2 Å². The molecule has 0 aliphatic carbocycles. The van der Waals surface area contributed by atoms with E-state index in [2.05, 4.69) is 29.1 Å². The zero-order valence-corrected chi connectivity index (χ0v) is 15.2. The molecule has 0 saturated heterocycles. The summed E-state index contributed by atoms with van der Waals surface area (Å²) < 4.78 is 5.37. The van der Waals surface area contributed by atoms with Gasteiger partial charge in [-0.15, -0.1) is 11.3 Å². The highest BCUT2D eigenvalue weighted by molar-refractivity contribution is 7.11. The Kier molecular flexibility index (Phi) is 5.81. The molecule has 2 N–H and O–H groups in total. The fourth-order valence-electron chi connectivity index (χ4n) is 1.92. The number of aromatic nitrogens is 1. The number of furan rings is 1. The topological polar surface area (TPSA) is 75.4 Å². The first kappa shape index (κ1) is 18.2. The lowest BCUT2D eigenvalue weighted by molar-refractivity contribution is 0.0925. The summed E-state index contributed by atoms with van der Waals surface area (Å²) in [7, 11) is 0. The van der Waals surface area contributed by atoms with Crippen molar-refractivity contribution in [1.29, 1.82) is 0 Å². The molecule has 0 atom stereocenters. The van der Waals surface area contributed by atoms with Crippen LogP contribution in [0.4, 0.5) is 0 Å². The normalized spacial score (nSPS) is 11.0. The highest BCUT2D eigenvalue weighted by atomic mass is 32.1. The smallest absolute Gasteiger partial charge is 0.287 e. The SMILES string of the molecule is Cc1nc(CCCNC(=O)c2ccc(C#CC(C)(C)O)o2)sc1C. The number of aliphatic hydroxyl groups is 1. The van der Waals surface area contributed by atoms with E-state index in [1.165, 1.54) is 4.88 Å². The second kappa shape index (κ2) is 7.65. The monoisotopic (exact) mass is 346 g/mol. The van der Waals surface area contributed by atoms with Gasteiger partial charge in [-0.25, -0.2) is 4.98 Å². The van der Waals surface area contributed by atoms with Crippen LogP contribution >= 0.6 is 11.3 Å². The van der Waals surface area contributed by atoms with Crippen molar-refractivity contribution in [2.24, 2.45) is 0 Å². The van der Waals surface area contributed by atoms with Crippen LogP contribution in [0.5, 0.6) is 0 Å². The lowest BCUT2D eigenvalue weighted by atomic mass is 10.1. The van der Waals surface area contributed by atoms with Crippen LogP contribution in [0.3, 0.4) is 0 Å². The molecule has 2 heterocycles. The first-order chi connectivity index (χ1) is 11.2. The van der Waals surface area contributed by atoms with Crippen LogP contribution in [0.1, 0.15) is 52.2 Å². The molecule has 1 amide bonds. The van der Waals surface area contributed by atoms with Crippen molar-refractivity contribution < 1.29 is 14.3 Å². The summed E-state index contributed by atoms with van der Waals surface area (Å²) in [6, 6.07) is 3.20. The van der Waals surface area contributed by atoms with E-state index in [-0.39, 0.29) is 11.7 Å². The van der Waals surface area contributed by atoms with Gasteiger partial charge in [0, 0.05) is 17.8 Å². The fourth-order valence-corrected chi connectivity index (χ4v) is 2.89. The van der Waals surface area contributed by atoms with E-state index in [9.17, 15) is 9.90 Å². The van der Waals surface area contributed by atoms with Gasteiger partial charge in [0.25, 0.3) is 5.91 Å². The van der Waals surface area contributed by atoms with E-state index in [0.717, 1.165) is 23.5 Å². The Morgan fingerprint density at radius 2 is 2.17 bits per heavy atom. The van der Waals surface area contributed by atoms with Gasteiger partial charge in [0.05, 0.1) is 10.7 Å². The van der Waals surface area contributed by atoms with Gasteiger partial charge in [0.1, 0.15) is 5.60 Å². The standard InChI is InChI=1S/C18H22N2O3S/c1-12-13(2)24-16(20-12)6-5-11-19-17(21)15-8-7-14(23-15)9-10-18(3,4)22/h7-8,22H,5-6,11H2,1-4H3,(H,19,21). The molecule has 128 valence electrons. The quantitative estimate of drug-likeness (QED) is 0.645. The molecule has 0 aliphatic rings. The van der Waals surface area contributed by atoms with Crippen LogP contribution in [0.25, 0.3) is 0 Å². The number of carbonyl (C=O) groups excluding carboxylic acids is 1. The molecule has 5 nitrogen and oxygen atoms in total. The van der Waals surface area contributed by atoms with Crippen molar-refractivity contribution in [2.75, 3.05) is 6.54 Å². The second-order valence-electron chi connectivity index (χ2n) is 6.08. The van der Waals surface area contributed by atoms with Crippen LogP contribution in [0, 0.1) is 25.7 Å². The molecule has 0 aromatic carbocycles. The lowest BCUT2D eigenvalue weighted by Gasteiger charge is -2.05. The minimum absolute atomic E-state index is 0.219. The van der Waals surface area contributed by atoms with Crippen LogP contribution in [-0.2, 0) is 6.42 Å². The Hall–Kier alpha value is -2.10. The average Bonchev–Trinajstić information content (AvgIpc) is 3.08. The van der Waals surface area contributed by atoms with Crippen molar-refractivity contribution in [2.45, 2.75) is 46.1 Å². The highest BCUT2D eigenvalue weighted by Gasteiger charge is 2.11. The van der Waals surface area contributed by atoms with Crippen molar-refractivity contribution in [3.05, 3.63) is 39.2 Å². The molecule has 0 bridgehead atoms. The number of rotatable bonds is 5. The van der Waals surface area contributed by atoms with E-state index in [4.69, 9.17) is 4.42 Å². The third kappa shape index (κ3) is 5.52. The molecule has 0 spiro atoms. The maximum atomic E-state index is 12.0.